The highest BCUT2D eigenvalue weighted by Crippen LogP contribution is 2.32. The highest BCUT2D eigenvalue weighted by Gasteiger charge is 2.18. The van der Waals surface area contributed by atoms with Crippen molar-refractivity contribution in [2.24, 2.45) is 0 Å². The molecule has 18 heavy (non-hydrogen) atoms. The van der Waals surface area contributed by atoms with E-state index in [4.69, 9.17) is 11.6 Å². The predicted octanol–water partition coefficient (Wildman–Crippen LogP) is 4.76. The number of benzene rings is 1. The number of nitrogens with one attached hydrogen (secondary N) is 1. The van der Waals surface area contributed by atoms with E-state index in [1.165, 1.54) is 8.95 Å². The molecule has 0 bridgehead atoms. The molecule has 0 spiro atoms. The number of thiophene rings is 1. The Labute approximate surface area is 129 Å². The van der Waals surface area contributed by atoms with Crippen molar-refractivity contribution in [3.8, 4) is 0 Å². The summed E-state index contributed by atoms with van der Waals surface area (Å²) in [4.78, 5) is 0. The number of hydrogen-bond donors (Lipinski definition) is 1. The minimum Gasteiger partial charge on any atom is -0.309 e. The van der Waals surface area contributed by atoms with Crippen molar-refractivity contribution in [2.75, 3.05) is 7.05 Å². The molecule has 96 valence electrons. The highest BCUT2D eigenvalue weighted by molar-refractivity contribution is 14.1. The topological polar surface area (TPSA) is 12.0 Å². The Morgan fingerprint density at radius 2 is 2.11 bits per heavy atom. The van der Waals surface area contributed by atoms with Gasteiger partial charge in [-0.15, -0.1) is 11.3 Å². The van der Waals surface area contributed by atoms with Crippen LogP contribution in [0.15, 0.2) is 23.6 Å². The molecule has 2 aromatic rings. The van der Waals surface area contributed by atoms with Gasteiger partial charge in [0.05, 0.1) is 8.93 Å². The number of halogens is 3. The van der Waals surface area contributed by atoms with Crippen LogP contribution >= 0.6 is 45.5 Å². The average Bonchev–Trinajstić information content (AvgIpc) is 2.73. The second-order valence-corrected chi connectivity index (χ2v) is 7.24. The van der Waals surface area contributed by atoms with E-state index >= 15 is 0 Å². The van der Waals surface area contributed by atoms with Crippen molar-refractivity contribution in [3.63, 3.8) is 0 Å². The molecule has 0 aliphatic rings. The van der Waals surface area contributed by atoms with Gasteiger partial charge in [-0.1, -0.05) is 11.6 Å². The van der Waals surface area contributed by atoms with Gasteiger partial charge in [0.2, 0.25) is 0 Å². The fraction of sp³-hybridized carbons (Fsp3) is 0.231. The lowest BCUT2D eigenvalue weighted by Crippen LogP contribution is -2.17. The van der Waals surface area contributed by atoms with E-state index in [1.54, 1.807) is 18.3 Å². The SMILES string of the molecule is CNC(c1csc(I)c1)c1cc(C)c(F)cc1Cl. The molecule has 1 aromatic carbocycles. The quantitative estimate of drug-likeness (QED) is 0.739. The Morgan fingerprint density at radius 1 is 1.39 bits per heavy atom. The van der Waals surface area contributed by atoms with Gasteiger partial charge in [0.15, 0.2) is 0 Å². The van der Waals surface area contributed by atoms with Crippen LogP contribution in [0.5, 0.6) is 0 Å². The largest absolute Gasteiger partial charge is 0.309 e. The fourth-order valence-corrected chi connectivity index (χ4v) is 3.53. The summed E-state index contributed by atoms with van der Waals surface area (Å²) in [6.07, 6.45) is 0. The molecule has 1 nitrogen and oxygen atoms in total. The van der Waals surface area contributed by atoms with Gasteiger partial charge in [0, 0.05) is 5.02 Å². The number of aryl methyl sites for hydroxylation is 1. The molecule has 0 aliphatic carbocycles. The molecule has 1 atom stereocenters. The van der Waals surface area contributed by atoms with Crippen molar-refractivity contribution >= 4 is 45.5 Å². The minimum atomic E-state index is -0.265. The standard InChI is InChI=1S/C13H12ClFINS/c1-7-3-9(10(14)5-11(7)15)13(17-2)8-4-12(16)18-6-8/h3-6,13,17H,1-2H3. The van der Waals surface area contributed by atoms with Crippen LogP contribution < -0.4 is 5.32 Å². The van der Waals surface area contributed by atoms with E-state index < -0.39 is 0 Å². The van der Waals surface area contributed by atoms with Crippen LogP contribution in [0.2, 0.25) is 5.02 Å². The molecule has 5 heteroatoms. The van der Waals surface area contributed by atoms with Gasteiger partial charge in [0.25, 0.3) is 0 Å². The van der Waals surface area contributed by atoms with Crippen LogP contribution in [-0.2, 0) is 0 Å². The minimum absolute atomic E-state index is 0.00318. The van der Waals surface area contributed by atoms with Crippen LogP contribution in [0, 0.1) is 15.6 Å². The Bertz CT molecular complexity index is 570. The van der Waals surface area contributed by atoms with Gasteiger partial charge in [-0.25, -0.2) is 4.39 Å². The van der Waals surface area contributed by atoms with E-state index in [9.17, 15) is 4.39 Å². The van der Waals surface area contributed by atoms with Gasteiger partial charge in [-0.3, -0.25) is 0 Å². The van der Waals surface area contributed by atoms with Gasteiger partial charge >= 0.3 is 0 Å². The van der Waals surface area contributed by atoms with Gasteiger partial charge in [0.1, 0.15) is 5.82 Å². The Hall–Kier alpha value is -0.170. The first-order chi connectivity index (χ1) is 8.52. The van der Waals surface area contributed by atoms with E-state index in [-0.39, 0.29) is 11.9 Å². The van der Waals surface area contributed by atoms with Crippen molar-refractivity contribution < 1.29 is 4.39 Å². The number of rotatable bonds is 3. The molecule has 0 saturated heterocycles. The van der Waals surface area contributed by atoms with Gasteiger partial charge in [-0.05, 0) is 76.8 Å². The Balaban J connectivity index is 2.48. The lowest BCUT2D eigenvalue weighted by molar-refractivity contribution is 0.614. The second-order valence-electron chi connectivity index (χ2n) is 4.03. The molecule has 0 saturated carbocycles. The molecule has 0 fully saturated rings. The van der Waals surface area contributed by atoms with Crippen molar-refractivity contribution in [2.45, 2.75) is 13.0 Å². The second kappa shape index (κ2) is 5.86. The summed E-state index contributed by atoms with van der Waals surface area (Å²) in [6, 6.07) is 5.30. The predicted molar refractivity (Wildman–Crippen MR) is 84.1 cm³/mol. The molecule has 1 N–H and O–H groups in total. The molecule has 0 amide bonds. The van der Waals surface area contributed by atoms with E-state index in [2.05, 4.69) is 39.4 Å². The maximum Gasteiger partial charge on any atom is 0.127 e. The molecular formula is C13H12ClFINS. The molecule has 1 unspecified atom stereocenters. The first-order valence-corrected chi connectivity index (χ1v) is 7.73. The summed E-state index contributed by atoms with van der Waals surface area (Å²) in [6.45, 7) is 1.75. The highest BCUT2D eigenvalue weighted by atomic mass is 127. The molecule has 0 aliphatic heterocycles. The van der Waals surface area contributed by atoms with Crippen LogP contribution in [-0.4, -0.2) is 7.05 Å². The Kier molecular flexibility index (Phi) is 4.64. The average molecular weight is 396 g/mol. The maximum atomic E-state index is 13.4. The first-order valence-electron chi connectivity index (χ1n) is 5.39. The van der Waals surface area contributed by atoms with Crippen LogP contribution in [0.4, 0.5) is 4.39 Å². The molecule has 1 aromatic heterocycles. The van der Waals surface area contributed by atoms with Gasteiger partial charge in [-0.2, -0.15) is 0 Å². The fourth-order valence-electron chi connectivity index (χ4n) is 1.88. The molecule has 0 radical (unpaired) electrons. The summed E-state index contributed by atoms with van der Waals surface area (Å²) < 4.78 is 14.6. The normalized spacial score (nSPS) is 12.7. The molecular weight excluding hydrogens is 384 g/mol. The smallest absolute Gasteiger partial charge is 0.127 e. The summed E-state index contributed by atoms with van der Waals surface area (Å²) in [5.74, 6) is -0.265. The first kappa shape index (κ1) is 14.2. The third-order valence-electron chi connectivity index (χ3n) is 2.80. The van der Waals surface area contributed by atoms with Crippen molar-refractivity contribution in [1.82, 2.24) is 5.32 Å². The van der Waals surface area contributed by atoms with Crippen LogP contribution in [0.3, 0.4) is 0 Å². The Morgan fingerprint density at radius 3 is 2.67 bits per heavy atom. The summed E-state index contributed by atoms with van der Waals surface area (Å²) in [5, 5.41) is 5.78. The van der Waals surface area contributed by atoms with Gasteiger partial charge < -0.3 is 5.32 Å². The zero-order valence-corrected chi connectivity index (χ0v) is 13.7. The van der Waals surface area contributed by atoms with E-state index in [0.29, 0.717) is 10.6 Å². The zero-order chi connectivity index (χ0) is 13.3. The summed E-state index contributed by atoms with van der Waals surface area (Å²) in [7, 11) is 1.88. The van der Waals surface area contributed by atoms with Crippen LogP contribution in [0.1, 0.15) is 22.7 Å². The van der Waals surface area contributed by atoms with Crippen LogP contribution in [0.25, 0.3) is 0 Å². The lowest BCUT2D eigenvalue weighted by atomic mass is 9.99. The molecule has 1 heterocycles. The third-order valence-corrected chi connectivity index (χ3v) is 4.93. The summed E-state index contributed by atoms with van der Waals surface area (Å²) in [5.41, 5.74) is 2.67. The van der Waals surface area contributed by atoms with E-state index in [0.717, 1.165) is 11.1 Å². The van der Waals surface area contributed by atoms with Crippen molar-refractivity contribution in [3.05, 3.63) is 54.0 Å². The maximum absolute atomic E-state index is 13.4. The molecule has 2 rings (SSSR count). The van der Waals surface area contributed by atoms with E-state index in [1.807, 2.05) is 13.1 Å². The number of hydrogen-bond acceptors (Lipinski definition) is 2. The monoisotopic (exact) mass is 395 g/mol. The zero-order valence-electron chi connectivity index (χ0n) is 9.93. The third kappa shape index (κ3) is 2.87. The van der Waals surface area contributed by atoms with Crippen molar-refractivity contribution in [1.29, 1.82) is 0 Å². The summed E-state index contributed by atoms with van der Waals surface area (Å²) >= 11 is 10.1. The lowest BCUT2D eigenvalue weighted by Gasteiger charge is -2.18.